The number of aromatic nitrogens is 1. The third kappa shape index (κ3) is 3.76. The molecule has 0 N–H and O–H groups in total. The molecule has 27 heavy (non-hydrogen) atoms. The number of hydrogen-bond donors (Lipinski definition) is 0. The smallest absolute Gasteiger partial charge is 0.433 e. The van der Waals surface area contributed by atoms with E-state index in [1.807, 2.05) is 17.5 Å². The summed E-state index contributed by atoms with van der Waals surface area (Å²) < 4.78 is 10.4. The SMILES string of the molecule is O=C(c1ccc([N+](=O)[O-])o1)N1CCN(Cc2csc(-c3ccco3)n2)CC1. The van der Waals surface area contributed by atoms with Crippen molar-refractivity contribution in [3.63, 3.8) is 0 Å². The molecule has 0 saturated carbocycles. The van der Waals surface area contributed by atoms with Crippen LogP contribution >= 0.6 is 11.3 Å². The number of thiazole rings is 1. The molecule has 3 aromatic heterocycles. The van der Waals surface area contributed by atoms with Crippen LogP contribution in [0.25, 0.3) is 10.8 Å². The molecule has 140 valence electrons. The van der Waals surface area contributed by atoms with Crippen LogP contribution in [0.4, 0.5) is 5.88 Å². The molecule has 0 spiro atoms. The fraction of sp³-hybridized carbons (Fsp3) is 0.294. The van der Waals surface area contributed by atoms with Gasteiger partial charge in [0.05, 0.1) is 18.0 Å². The lowest BCUT2D eigenvalue weighted by Gasteiger charge is -2.33. The van der Waals surface area contributed by atoms with Gasteiger partial charge in [0.25, 0.3) is 5.91 Å². The average molecular weight is 388 g/mol. The van der Waals surface area contributed by atoms with Crippen molar-refractivity contribution in [1.82, 2.24) is 14.8 Å². The Morgan fingerprint density at radius 1 is 1.26 bits per heavy atom. The molecule has 10 heteroatoms. The van der Waals surface area contributed by atoms with E-state index in [4.69, 9.17) is 8.83 Å². The monoisotopic (exact) mass is 388 g/mol. The lowest BCUT2D eigenvalue weighted by Crippen LogP contribution is -2.48. The second kappa shape index (κ2) is 7.33. The van der Waals surface area contributed by atoms with E-state index < -0.39 is 10.8 Å². The van der Waals surface area contributed by atoms with Crippen molar-refractivity contribution in [3.05, 3.63) is 57.5 Å². The maximum Gasteiger partial charge on any atom is 0.433 e. The molecule has 1 aliphatic rings. The predicted molar refractivity (Wildman–Crippen MR) is 96.4 cm³/mol. The molecule has 0 bridgehead atoms. The van der Waals surface area contributed by atoms with Gasteiger partial charge in [0, 0.05) is 38.1 Å². The molecule has 0 aromatic carbocycles. The van der Waals surface area contributed by atoms with E-state index >= 15 is 0 Å². The van der Waals surface area contributed by atoms with Crippen molar-refractivity contribution >= 4 is 23.1 Å². The second-order valence-corrected chi connectivity index (χ2v) is 6.94. The molecule has 4 rings (SSSR count). The normalized spacial score (nSPS) is 15.2. The van der Waals surface area contributed by atoms with Gasteiger partial charge in [0.1, 0.15) is 4.92 Å². The van der Waals surface area contributed by atoms with Crippen LogP contribution in [0.3, 0.4) is 0 Å². The maximum atomic E-state index is 12.4. The standard InChI is InChI=1S/C17H16N4O5S/c22-17(14-3-4-15(26-14)21(23)24)20-7-5-19(6-8-20)10-12-11-27-16(18-12)13-2-1-9-25-13/h1-4,9,11H,5-8,10H2. The third-order valence-electron chi connectivity index (χ3n) is 4.31. The Labute approximate surface area is 158 Å². The van der Waals surface area contributed by atoms with Crippen LogP contribution in [0, 0.1) is 10.1 Å². The number of hydrogen-bond acceptors (Lipinski definition) is 8. The number of carbonyl (C=O) groups excluding carboxylic acids is 1. The van der Waals surface area contributed by atoms with E-state index in [1.165, 1.54) is 23.5 Å². The lowest BCUT2D eigenvalue weighted by molar-refractivity contribution is -0.402. The van der Waals surface area contributed by atoms with E-state index in [9.17, 15) is 14.9 Å². The van der Waals surface area contributed by atoms with E-state index in [1.54, 1.807) is 11.2 Å². The summed E-state index contributed by atoms with van der Waals surface area (Å²) in [6.45, 7) is 3.15. The summed E-state index contributed by atoms with van der Waals surface area (Å²) in [5.74, 6) is 0.0105. The zero-order valence-corrected chi connectivity index (χ0v) is 15.1. The number of furan rings is 2. The lowest BCUT2D eigenvalue weighted by atomic mass is 10.2. The maximum absolute atomic E-state index is 12.4. The van der Waals surface area contributed by atoms with Gasteiger partial charge in [-0.2, -0.15) is 0 Å². The van der Waals surface area contributed by atoms with Crippen LogP contribution < -0.4 is 0 Å². The summed E-state index contributed by atoms with van der Waals surface area (Å²) in [6, 6.07) is 6.26. The molecule has 4 heterocycles. The summed E-state index contributed by atoms with van der Waals surface area (Å²) in [5.41, 5.74) is 0.966. The van der Waals surface area contributed by atoms with Gasteiger partial charge >= 0.3 is 5.88 Å². The van der Waals surface area contributed by atoms with Crippen LogP contribution in [-0.2, 0) is 6.54 Å². The Kier molecular flexibility index (Phi) is 4.73. The molecule has 0 atom stereocenters. The molecule has 0 unspecified atom stereocenters. The van der Waals surface area contributed by atoms with Gasteiger partial charge in [-0.25, -0.2) is 4.98 Å². The molecule has 1 aliphatic heterocycles. The first-order valence-electron chi connectivity index (χ1n) is 8.34. The van der Waals surface area contributed by atoms with E-state index in [0.29, 0.717) is 32.7 Å². The van der Waals surface area contributed by atoms with Crippen LogP contribution in [0.15, 0.2) is 44.7 Å². The number of piperazine rings is 1. The third-order valence-corrected chi connectivity index (χ3v) is 5.22. The molecule has 3 aromatic rings. The number of nitrogens with zero attached hydrogens (tertiary/aromatic N) is 4. The summed E-state index contributed by atoms with van der Waals surface area (Å²) in [7, 11) is 0. The number of rotatable bonds is 5. The Morgan fingerprint density at radius 2 is 2.07 bits per heavy atom. The number of amides is 1. The minimum absolute atomic E-state index is 0.00209. The molecule has 1 saturated heterocycles. The molecule has 9 nitrogen and oxygen atoms in total. The minimum Gasteiger partial charge on any atom is -0.462 e. The van der Waals surface area contributed by atoms with E-state index in [-0.39, 0.29) is 11.7 Å². The van der Waals surface area contributed by atoms with E-state index in [0.717, 1.165) is 16.5 Å². The Hall–Kier alpha value is -2.98. The molecule has 1 amide bonds. The molecule has 0 aliphatic carbocycles. The molecule has 1 fully saturated rings. The van der Waals surface area contributed by atoms with Crippen molar-refractivity contribution in [2.75, 3.05) is 26.2 Å². The molecular weight excluding hydrogens is 372 g/mol. The van der Waals surface area contributed by atoms with Crippen molar-refractivity contribution in [1.29, 1.82) is 0 Å². The van der Waals surface area contributed by atoms with Gasteiger partial charge in [-0.05, 0) is 18.2 Å². The van der Waals surface area contributed by atoms with Gasteiger partial charge in [0.2, 0.25) is 0 Å². The van der Waals surface area contributed by atoms with Gasteiger partial charge in [-0.15, -0.1) is 11.3 Å². The molecular formula is C17H16N4O5S. The zero-order valence-electron chi connectivity index (χ0n) is 14.2. The second-order valence-electron chi connectivity index (χ2n) is 6.08. The number of nitro groups is 1. The Balaban J connectivity index is 1.32. The summed E-state index contributed by atoms with van der Waals surface area (Å²) >= 11 is 1.54. The highest BCUT2D eigenvalue weighted by atomic mass is 32.1. The van der Waals surface area contributed by atoms with Gasteiger partial charge < -0.3 is 13.7 Å². The van der Waals surface area contributed by atoms with E-state index in [2.05, 4.69) is 9.88 Å². The predicted octanol–water partition coefficient (Wildman–Crippen LogP) is 2.86. The van der Waals surface area contributed by atoms with Crippen molar-refractivity contribution in [2.45, 2.75) is 6.54 Å². The van der Waals surface area contributed by atoms with Crippen molar-refractivity contribution in [2.24, 2.45) is 0 Å². The topological polar surface area (TPSA) is 106 Å². The quantitative estimate of drug-likeness (QED) is 0.489. The molecule has 0 radical (unpaired) electrons. The first kappa shape index (κ1) is 17.4. The summed E-state index contributed by atoms with van der Waals surface area (Å²) in [4.78, 5) is 30.9. The highest BCUT2D eigenvalue weighted by Gasteiger charge is 2.26. The average Bonchev–Trinajstić information content (AvgIpc) is 3.42. The van der Waals surface area contributed by atoms with Gasteiger partial charge in [-0.1, -0.05) is 0 Å². The van der Waals surface area contributed by atoms with Crippen molar-refractivity contribution in [3.8, 4) is 10.8 Å². The largest absolute Gasteiger partial charge is 0.462 e. The number of carbonyl (C=O) groups is 1. The van der Waals surface area contributed by atoms with Crippen LogP contribution in [0.1, 0.15) is 16.2 Å². The first-order chi connectivity index (χ1) is 13.1. The fourth-order valence-electron chi connectivity index (χ4n) is 2.93. The Morgan fingerprint density at radius 3 is 2.74 bits per heavy atom. The summed E-state index contributed by atoms with van der Waals surface area (Å²) in [5, 5.41) is 13.5. The van der Waals surface area contributed by atoms with Crippen LogP contribution in [0.5, 0.6) is 0 Å². The van der Waals surface area contributed by atoms with Gasteiger partial charge in [0.15, 0.2) is 16.5 Å². The minimum atomic E-state index is -0.653. The first-order valence-corrected chi connectivity index (χ1v) is 9.22. The highest BCUT2D eigenvalue weighted by molar-refractivity contribution is 7.13. The van der Waals surface area contributed by atoms with Crippen LogP contribution in [0.2, 0.25) is 0 Å². The highest BCUT2D eigenvalue weighted by Crippen LogP contribution is 2.25. The van der Waals surface area contributed by atoms with Crippen LogP contribution in [-0.4, -0.2) is 51.8 Å². The fourth-order valence-corrected chi connectivity index (χ4v) is 3.70. The zero-order chi connectivity index (χ0) is 18.8. The van der Waals surface area contributed by atoms with Gasteiger partial charge in [-0.3, -0.25) is 19.8 Å². The van der Waals surface area contributed by atoms with Crippen molar-refractivity contribution < 1.29 is 18.6 Å². The summed E-state index contributed by atoms with van der Waals surface area (Å²) in [6.07, 6.45) is 1.63. The Bertz CT molecular complexity index is 940.